The molecule has 0 N–H and O–H groups in total. The topological polar surface area (TPSA) is 44.8 Å². The van der Waals surface area contributed by atoms with E-state index in [9.17, 15) is 4.79 Å². The molecule has 0 spiro atoms. The molecule has 0 aromatic rings. The third-order valence-electron chi connectivity index (χ3n) is 3.75. The number of hydrogen-bond acceptors (Lipinski definition) is 4. The van der Waals surface area contributed by atoms with E-state index in [1.165, 1.54) is 13.5 Å². The van der Waals surface area contributed by atoms with Crippen LogP contribution in [0.25, 0.3) is 0 Å². The van der Waals surface area contributed by atoms with E-state index in [0.29, 0.717) is 12.5 Å². The summed E-state index contributed by atoms with van der Waals surface area (Å²) in [5.41, 5.74) is 0. The van der Waals surface area contributed by atoms with Crippen LogP contribution in [0.5, 0.6) is 0 Å². The first-order chi connectivity index (χ1) is 9.29. The van der Waals surface area contributed by atoms with Crippen molar-refractivity contribution in [3.8, 4) is 11.8 Å². The van der Waals surface area contributed by atoms with Gasteiger partial charge in [0.25, 0.3) is 0 Å². The Morgan fingerprint density at radius 2 is 2.21 bits per heavy atom. The summed E-state index contributed by atoms with van der Waals surface area (Å²) in [6, 6.07) is 0. The molecule has 1 saturated carbocycles. The fraction of sp³-hybridized carbons (Fsp3) is 0.800. The van der Waals surface area contributed by atoms with Gasteiger partial charge < -0.3 is 14.2 Å². The molecule has 4 nitrogen and oxygen atoms in total. The van der Waals surface area contributed by atoms with Gasteiger partial charge in [-0.1, -0.05) is 11.8 Å². The van der Waals surface area contributed by atoms with E-state index in [2.05, 4.69) is 11.8 Å². The predicted molar refractivity (Wildman–Crippen MR) is 70.2 cm³/mol. The molecule has 1 heterocycles. The smallest absolute Gasteiger partial charge is 0.308 e. The Kier molecular flexibility index (Phi) is 5.68. The van der Waals surface area contributed by atoms with Gasteiger partial charge in [0.05, 0.1) is 13.0 Å². The number of carbonyl (C=O) groups excluding carboxylic acids is 1. The molecule has 0 aromatic carbocycles. The number of rotatable bonds is 3. The van der Waals surface area contributed by atoms with Crippen LogP contribution in [0.15, 0.2) is 0 Å². The maximum absolute atomic E-state index is 11.4. The highest BCUT2D eigenvalue weighted by Gasteiger charge is 2.29. The van der Waals surface area contributed by atoms with Crippen LogP contribution in [0.4, 0.5) is 0 Å². The Bertz CT molecular complexity index is 349. The minimum atomic E-state index is -0.101. The molecule has 4 heteroatoms. The van der Waals surface area contributed by atoms with Gasteiger partial charge in [0.1, 0.15) is 6.61 Å². The van der Waals surface area contributed by atoms with Crippen LogP contribution in [0.3, 0.4) is 0 Å². The van der Waals surface area contributed by atoms with Crippen LogP contribution < -0.4 is 0 Å². The summed E-state index contributed by atoms with van der Waals surface area (Å²) < 4.78 is 15.8. The first-order valence-corrected chi connectivity index (χ1v) is 7.09. The van der Waals surface area contributed by atoms with E-state index in [1.54, 1.807) is 0 Å². The van der Waals surface area contributed by atoms with Gasteiger partial charge in [-0.05, 0) is 38.5 Å². The first kappa shape index (κ1) is 14.4. The maximum atomic E-state index is 11.4. The van der Waals surface area contributed by atoms with Crippen molar-refractivity contribution in [2.24, 2.45) is 11.8 Å². The lowest BCUT2D eigenvalue weighted by Gasteiger charge is -2.21. The van der Waals surface area contributed by atoms with E-state index < -0.39 is 0 Å². The van der Waals surface area contributed by atoms with Gasteiger partial charge in [-0.3, -0.25) is 4.79 Å². The predicted octanol–water partition coefficient (Wildman–Crippen LogP) is 2.12. The third-order valence-corrected chi connectivity index (χ3v) is 3.75. The second-order valence-electron chi connectivity index (χ2n) is 5.16. The highest BCUT2D eigenvalue weighted by Crippen LogP contribution is 2.31. The zero-order chi connectivity index (χ0) is 13.5. The van der Waals surface area contributed by atoms with Crippen LogP contribution in [0.2, 0.25) is 0 Å². The van der Waals surface area contributed by atoms with E-state index in [0.717, 1.165) is 38.7 Å². The molecule has 2 aliphatic rings. The highest BCUT2D eigenvalue weighted by molar-refractivity contribution is 5.72. The Morgan fingerprint density at radius 3 is 2.95 bits per heavy atom. The molecule has 2 rings (SSSR count). The lowest BCUT2D eigenvalue weighted by molar-refractivity contribution is -0.154. The summed E-state index contributed by atoms with van der Waals surface area (Å²) in [6.45, 7) is 1.21. The van der Waals surface area contributed by atoms with Crippen LogP contribution in [0.1, 0.15) is 38.5 Å². The molecule has 0 aromatic heterocycles. The fourth-order valence-electron chi connectivity index (χ4n) is 2.66. The number of hydrogen-bond donors (Lipinski definition) is 0. The minimum absolute atomic E-state index is 0.0342. The van der Waals surface area contributed by atoms with Gasteiger partial charge in [-0.2, -0.15) is 0 Å². The van der Waals surface area contributed by atoms with Crippen molar-refractivity contribution < 1.29 is 19.0 Å². The molecule has 1 unspecified atom stereocenters. The number of ether oxygens (including phenoxy) is 3. The van der Waals surface area contributed by atoms with Crippen molar-refractivity contribution in [3.05, 3.63) is 0 Å². The molecule has 1 aliphatic heterocycles. The summed E-state index contributed by atoms with van der Waals surface area (Å²) in [5.74, 6) is 6.48. The summed E-state index contributed by atoms with van der Waals surface area (Å²) in [5, 5.41) is 0. The van der Waals surface area contributed by atoms with Crippen molar-refractivity contribution in [1.82, 2.24) is 0 Å². The van der Waals surface area contributed by atoms with E-state index in [4.69, 9.17) is 14.2 Å². The van der Waals surface area contributed by atoms with Crippen LogP contribution in [-0.2, 0) is 19.0 Å². The zero-order valence-corrected chi connectivity index (χ0v) is 11.5. The van der Waals surface area contributed by atoms with Crippen molar-refractivity contribution in [2.45, 2.75) is 44.8 Å². The normalized spacial score (nSPS) is 30.5. The quantitative estimate of drug-likeness (QED) is 0.580. The zero-order valence-electron chi connectivity index (χ0n) is 11.5. The van der Waals surface area contributed by atoms with E-state index >= 15 is 0 Å². The monoisotopic (exact) mass is 266 g/mol. The third kappa shape index (κ3) is 4.52. The fourth-order valence-corrected chi connectivity index (χ4v) is 2.66. The first-order valence-electron chi connectivity index (χ1n) is 7.09. The Hall–Kier alpha value is -1.05. The number of methoxy groups -OCH3 is 1. The van der Waals surface area contributed by atoms with Gasteiger partial charge in [0.15, 0.2) is 6.29 Å². The highest BCUT2D eigenvalue weighted by atomic mass is 16.7. The molecule has 3 atom stereocenters. The average molecular weight is 266 g/mol. The van der Waals surface area contributed by atoms with Crippen LogP contribution in [0, 0.1) is 23.7 Å². The molecule has 0 radical (unpaired) electrons. The second-order valence-corrected chi connectivity index (χ2v) is 5.16. The summed E-state index contributed by atoms with van der Waals surface area (Å²) >= 11 is 0. The lowest BCUT2D eigenvalue weighted by Crippen LogP contribution is -2.22. The van der Waals surface area contributed by atoms with Crippen molar-refractivity contribution in [3.63, 3.8) is 0 Å². The second kappa shape index (κ2) is 7.52. The molecule has 1 aliphatic carbocycles. The Balaban J connectivity index is 1.65. The Morgan fingerprint density at radius 1 is 1.32 bits per heavy atom. The Labute approximate surface area is 114 Å². The van der Waals surface area contributed by atoms with Crippen molar-refractivity contribution in [2.75, 3.05) is 20.3 Å². The number of carbonyl (C=O) groups is 1. The molecule has 1 saturated heterocycles. The molecular weight excluding hydrogens is 244 g/mol. The van der Waals surface area contributed by atoms with Crippen LogP contribution >= 0.6 is 0 Å². The largest absolute Gasteiger partial charge is 0.469 e. The number of esters is 1. The van der Waals surface area contributed by atoms with Crippen molar-refractivity contribution in [1.29, 1.82) is 0 Å². The molecule has 106 valence electrons. The summed E-state index contributed by atoms with van der Waals surface area (Å²) in [4.78, 5) is 11.4. The standard InChI is InChI=1S/C15H22O4/c1-17-15(16)13-8-7-12(11-13)5-4-10-19-14-6-2-3-9-18-14/h12-14H,2-3,6-11H2,1H3/t12-,13-,14?/m0/s1. The molecule has 0 amide bonds. The van der Waals surface area contributed by atoms with E-state index in [1.807, 2.05) is 0 Å². The van der Waals surface area contributed by atoms with Gasteiger partial charge in [-0.25, -0.2) is 0 Å². The molecule has 0 bridgehead atoms. The minimum Gasteiger partial charge on any atom is -0.469 e. The average Bonchev–Trinajstić information content (AvgIpc) is 2.93. The molecule has 2 fully saturated rings. The SMILES string of the molecule is COC(=O)[C@H]1CC[C@H](C#CCOC2CCCCO2)C1. The molecular formula is C15H22O4. The maximum Gasteiger partial charge on any atom is 0.308 e. The van der Waals surface area contributed by atoms with Gasteiger partial charge in [0, 0.05) is 12.5 Å². The van der Waals surface area contributed by atoms with Gasteiger partial charge in [-0.15, -0.1) is 0 Å². The lowest BCUT2D eigenvalue weighted by atomic mass is 10.1. The van der Waals surface area contributed by atoms with Crippen LogP contribution in [-0.4, -0.2) is 32.6 Å². The van der Waals surface area contributed by atoms with Crippen molar-refractivity contribution >= 4 is 5.97 Å². The van der Waals surface area contributed by atoms with E-state index in [-0.39, 0.29) is 18.2 Å². The molecule has 19 heavy (non-hydrogen) atoms. The van der Waals surface area contributed by atoms with Gasteiger partial charge >= 0.3 is 5.97 Å². The summed E-state index contributed by atoms with van der Waals surface area (Å²) in [7, 11) is 1.44. The summed E-state index contributed by atoms with van der Waals surface area (Å²) in [6.07, 6.45) is 5.87. The van der Waals surface area contributed by atoms with Gasteiger partial charge in [0.2, 0.25) is 0 Å².